The van der Waals surface area contributed by atoms with Gasteiger partial charge in [0.15, 0.2) is 0 Å². The molecule has 2 atom stereocenters. The van der Waals surface area contributed by atoms with E-state index in [1.54, 1.807) is 11.3 Å². The van der Waals surface area contributed by atoms with E-state index >= 15 is 0 Å². The monoisotopic (exact) mass is 264 g/mol. The van der Waals surface area contributed by atoms with Crippen LogP contribution in [0.25, 0.3) is 0 Å². The zero-order valence-electron chi connectivity index (χ0n) is 11.3. The molecule has 0 aliphatic heterocycles. The summed E-state index contributed by atoms with van der Waals surface area (Å²) in [7, 11) is 0. The molecular weight excluding hydrogens is 244 g/mol. The van der Waals surface area contributed by atoms with Crippen molar-refractivity contribution in [3.8, 4) is 0 Å². The Morgan fingerprint density at radius 1 is 1.39 bits per heavy atom. The molecule has 0 spiro atoms. The maximum atomic E-state index is 4.45. The first-order valence-corrected chi connectivity index (χ1v) is 7.09. The van der Waals surface area contributed by atoms with Gasteiger partial charge in [-0.3, -0.25) is 4.68 Å². The normalized spacial score (nSPS) is 14.7. The van der Waals surface area contributed by atoms with Crippen molar-refractivity contribution in [1.82, 2.24) is 20.1 Å². The maximum Gasteiger partial charge on any atom is 0.0897 e. The maximum absolute atomic E-state index is 4.45. The minimum absolute atomic E-state index is 0.332. The number of rotatable bonds is 5. The van der Waals surface area contributed by atoms with E-state index in [2.05, 4.69) is 47.7 Å². The summed E-state index contributed by atoms with van der Waals surface area (Å²) >= 11 is 1.70. The zero-order valence-corrected chi connectivity index (χ0v) is 12.2. The summed E-state index contributed by atoms with van der Waals surface area (Å²) in [6.07, 6.45) is 3.98. The Kier molecular flexibility index (Phi) is 4.14. The van der Waals surface area contributed by atoms with E-state index in [9.17, 15) is 0 Å². The second-order valence-corrected chi connectivity index (χ2v) is 5.83. The largest absolute Gasteiger partial charge is 0.306 e. The summed E-state index contributed by atoms with van der Waals surface area (Å²) in [6, 6.07) is 0.685. The second-order valence-electron chi connectivity index (χ2n) is 4.77. The van der Waals surface area contributed by atoms with Gasteiger partial charge in [0.05, 0.1) is 22.9 Å². The van der Waals surface area contributed by atoms with Crippen molar-refractivity contribution in [3.05, 3.63) is 34.0 Å². The Balaban J connectivity index is 1.89. The van der Waals surface area contributed by atoms with Gasteiger partial charge in [0.25, 0.3) is 0 Å². The van der Waals surface area contributed by atoms with E-state index in [-0.39, 0.29) is 0 Å². The molecule has 0 aromatic carbocycles. The van der Waals surface area contributed by atoms with Crippen molar-refractivity contribution in [1.29, 1.82) is 0 Å². The Morgan fingerprint density at radius 3 is 2.72 bits per heavy atom. The minimum Gasteiger partial charge on any atom is -0.306 e. The minimum atomic E-state index is 0.332. The smallest absolute Gasteiger partial charge is 0.0897 e. The number of aryl methyl sites for hydroxylation is 2. The van der Waals surface area contributed by atoms with E-state index in [1.807, 2.05) is 17.8 Å². The van der Waals surface area contributed by atoms with Gasteiger partial charge in [-0.05, 0) is 33.3 Å². The predicted molar refractivity (Wildman–Crippen MR) is 74.8 cm³/mol. The molecule has 2 heterocycles. The fourth-order valence-electron chi connectivity index (χ4n) is 1.81. The van der Waals surface area contributed by atoms with Crippen molar-refractivity contribution in [3.63, 3.8) is 0 Å². The van der Waals surface area contributed by atoms with Crippen LogP contribution in [0.2, 0.25) is 0 Å². The predicted octanol–water partition coefficient (Wildman–Crippen LogP) is 2.70. The van der Waals surface area contributed by atoms with Crippen LogP contribution < -0.4 is 5.32 Å². The number of aromatic nitrogens is 3. The summed E-state index contributed by atoms with van der Waals surface area (Å²) in [5.74, 6) is 0. The van der Waals surface area contributed by atoms with Gasteiger partial charge in [-0.1, -0.05) is 0 Å². The lowest BCUT2D eigenvalue weighted by molar-refractivity contribution is 0.364. The fourth-order valence-corrected chi connectivity index (χ4v) is 2.42. The number of nitrogens with one attached hydrogen (secondary N) is 1. The molecule has 5 heteroatoms. The molecule has 18 heavy (non-hydrogen) atoms. The first-order chi connectivity index (χ1) is 8.56. The van der Waals surface area contributed by atoms with Crippen LogP contribution in [-0.2, 0) is 6.54 Å². The number of nitrogens with zero attached hydrogens (tertiary/aromatic N) is 3. The highest BCUT2D eigenvalue weighted by atomic mass is 32.1. The molecular formula is C13H20N4S. The molecule has 0 aliphatic carbocycles. The van der Waals surface area contributed by atoms with Crippen LogP contribution in [0, 0.1) is 13.8 Å². The van der Waals surface area contributed by atoms with Crippen LogP contribution in [0.5, 0.6) is 0 Å². The van der Waals surface area contributed by atoms with Gasteiger partial charge in [-0.2, -0.15) is 5.10 Å². The molecule has 4 nitrogen and oxygen atoms in total. The fraction of sp³-hybridized carbons (Fsp3) is 0.538. The van der Waals surface area contributed by atoms with E-state index in [0.717, 1.165) is 17.2 Å². The molecule has 2 aromatic heterocycles. The van der Waals surface area contributed by atoms with E-state index in [1.165, 1.54) is 5.56 Å². The third-order valence-electron chi connectivity index (χ3n) is 3.14. The molecule has 0 saturated heterocycles. The third-order valence-corrected chi connectivity index (χ3v) is 3.97. The standard InChI is InChI=1S/C13H20N4S/c1-9-5-15-17(7-9)11(3)10(2)14-6-13-8-18-12(4)16-13/h5,7-8,10-11,14H,6H2,1-4H3. The molecule has 1 N–H and O–H groups in total. The Bertz CT molecular complexity index is 503. The number of hydrogen-bond donors (Lipinski definition) is 1. The number of thiazole rings is 1. The van der Waals surface area contributed by atoms with E-state index in [0.29, 0.717) is 12.1 Å². The molecule has 0 aliphatic rings. The molecule has 2 rings (SSSR count). The second kappa shape index (κ2) is 5.63. The van der Waals surface area contributed by atoms with Gasteiger partial charge >= 0.3 is 0 Å². The molecule has 0 bridgehead atoms. The van der Waals surface area contributed by atoms with Crippen molar-refractivity contribution < 1.29 is 0 Å². The summed E-state index contributed by atoms with van der Waals surface area (Å²) in [5, 5.41) is 11.1. The number of hydrogen-bond acceptors (Lipinski definition) is 4. The van der Waals surface area contributed by atoms with Gasteiger partial charge < -0.3 is 5.32 Å². The van der Waals surface area contributed by atoms with Gasteiger partial charge in [-0.15, -0.1) is 11.3 Å². The highest BCUT2D eigenvalue weighted by molar-refractivity contribution is 7.09. The molecule has 2 aromatic rings. The molecule has 0 radical (unpaired) electrons. The molecule has 0 amide bonds. The lowest BCUT2D eigenvalue weighted by atomic mass is 10.1. The van der Waals surface area contributed by atoms with Crippen LogP contribution >= 0.6 is 11.3 Å². The Hall–Kier alpha value is -1.20. The molecule has 0 fully saturated rings. The first kappa shape index (κ1) is 13.2. The summed E-state index contributed by atoms with van der Waals surface area (Å²) in [4.78, 5) is 4.45. The third kappa shape index (κ3) is 3.17. The van der Waals surface area contributed by atoms with Crippen LogP contribution in [0.1, 0.15) is 36.2 Å². The highest BCUT2D eigenvalue weighted by Gasteiger charge is 2.14. The molecule has 0 saturated carbocycles. The average molecular weight is 264 g/mol. The Morgan fingerprint density at radius 2 is 2.17 bits per heavy atom. The van der Waals surface area contributed by atoms with Gasteiger partial charge in [0, 0.05) is 24.2 Å². The van der Waals surface area contributed by atoms with Crippen molar-refractivity contribution in [2.45, 2.75) is 46.3 Å². The van der Waals surface area contributed by atoms with Crippen LogP contribution in [0.15, 0.2) is 17.8 Å². The summed E-state index contributed by atoms with van der Waals surface area (Å²) in [5.41, 5.74) is 2.32. The molecule has 2 unspecified atom stereocenters. The quantitative estimate of drug-likeness (QED) is 0.903. The first-order valence-electron chi connectivity index (χ1n) is 6.21. The summed E-state index contributed by atoms with van der Waals surface area (Å²) < 4.78 is 2.01. The lowest BCUT2D eigenvalue weighted by Crippen LogP contribution is -2.33. The topological polar surface area (TPSA) is 42.7 Å². The Labute approximate surface area is 112 Å². The van der Waals surface area contributed by atoms with Gasteiger partial charge in [0.2, 0.25) is 0 Å². The van der Waals surface area contributed by atoms with E-state index < -0.39 is 0 Å². The van der Waals surface area contributed by atoms with Crippen LogP contribution in [0.3, 0.4) is 0 Å². The summed E-state index contributed by atoms with van der Waals surface area (Å²) in [6.45, 7) is 9.27. The van der Waals surface area contributed by atoms with Crippen LogP contribution in [0.4, 0.5) is 0 Å². The van der Waals surface area contributed by atoms with E-state index in [4.69, 9.17) is 0 Å². The lowest BCUT2D eigenvalue weighted by Gasteiger charge is -2.21. The zero-order chi connectivity index (χ0) is 13.1. The molecule has 98 valence electrons. The van der Waals surface area contributed by atoms with Gasteiger partial charge in [0.1, 0.15) is 0 Å². The average Bonchev–Trinajstić information content (AvgIpc) is 2.94. The highest BCUT2D eigenvalue weighted by Crippen LogP contribution is 2.12. The van der Waals surface area contributed by atoms with Gasteiger partial charge in [-0.25, -0.2) is 4.98 Å². The van der Waals surface area contributed by atoms with Crippen molar-refractivity contribution >= 4 is 11.3 Å². The van der Waals surface area contributed by atoms with Crippen molar-refractivity contribution in [2.75, 3.05) is 0 Å². The van der Waals surface area contributed by atoms with Crippen LogP contribution in [-0.4, -0.2) is 20.8 Å². The van der Waals surface area contributed by atoms with Crippen molar-refractivity contribution in [2.24, 2.45) is 0 Å². The SMILES string of the molecule is Cc1cnn(C(C)C(C)NCc2csc(C)n2)c1.